The zero-order valence-corrected chi connectivity index (χ0v) is 29.8. The maximum atomic E-state index is 16.1. The van der Waals surface area contributed by atoms with Gasteiger partial charge in [-0.3, -0.25) is 0 Å². The molecule has 0 radical (unpaired) electrons. The number of thiophene rings is 1. The lowest BCUT2D eigenvalue weighted by molar-refractivity contribution is 0.332. The zero-order valence-electron chi connectivity index (χ0n) is 29.0. The number of halogens is 1. The van der Waals surface area contributed by atoms with Crippen molar-refractivity contribution in [3.05, 3.63) is 131 Å². The van der Waals surface area contributed by atoms with Crippen LogP contribution in [0.3, 0.4) is 0 Å². The van der Waals surface area contributed by atoms with E-state index in [1.165, 1.54) is 26.8 Å². The molecule has 0 unspecified atom stereocenters. The Morgan fingerprint density at radius 3 is 1.98 bits per heavy atom. The summed E-state index contributed by atoms with van der Waals surface area (Å²) in [5.74, 6) is -0.260. The van der Waals surface area contributed by atoms with E-state index in [0.717, 1.165) is 57.4 Å². The van der Waals surface area contributed by atoms with Gasteiger partial charge in [0.1, 0.15) is 5.82 Å². The molecule has 0 amide bonds. The topological polar surface area (TPSA) is 8.17 Å². The van der Waals surface area contributed by atoms with Gasteiger partial charge in [0.15, 0.2) is 0 Å². The second kappa shape index (κ2) is 10.8. The Kier molecular flexibility index (Phi) is 6.95. The van der Waals surface area contributed by atoms with Crippen LogP contribution in [0.5, 0.6) is 0 Å². The van der Waals surface area contributed by atoms with Crippen molar-refractivity contribution in [3.63, 3.8) is 0 Å². The lowest BCUT2D eigenvalue weighted by atomic mass is 9.63. The Hall–Kier alpha value is -4.41. The first-order valence-corrected chi connectivity index (χ1v) is 18.0. The fourth-order valence-corrected chi connectivity index (χ4v) is 8.72. The third-order valence-corrected chi connectivity index (χ3v) is 11.7. The van der Waals surface area contributed by atoms with Crippen LogP contribution in [0.1, 0.15) is 78.0 Å². The molecule has 5 aromatic carbocycles. The number of aromatic nitrogens is 1. The molecule has 2 aromatic heterocycles. The molecule has 0 saturated carbocycles. The van der Waals surface area contributed by atoms with Crippen LogP contribution in [-0.2, 0) is 16.2 Å². The maximum absolute atomic E-state index is 16.1. The molecule has 0 N–H and O–H groups in total. The second-order valence-electron chi connectivity index (χ2n) is 16.0. The standard InChI is InChI=1S/C44H43FN2S/c1-42(2,3)28-16-19-41-35(22-28)40(27-48-41)46(30-17-18-36-37(26-30)44(6,7)21-20-43(36,4)5)31-23-29(45)24-32(25-31)47-38-14-10-8-12-33(38)34-13-9-11-15-39(34)47/h8-19,22-27H,20-21H2,1-7H3. The zero-order chi connectivity index (χ0) is 33.6. The third kappa shape index (κ3) is 4.96. The fourth-order valence-electron chi connectivity index (χ4n) is 7.82. The van der Waals surface area contributed by atoms with E-state index in [0.29, 0.717) is 0 Å². The van der Waals surface area contributed by atoms with Gasteiger partial charge >= 0.3 is 0 Å². The molecule has 0 aliphatic heterocycles. The predicted molar refractivity (Wildman–Crippen MR) is 205 cm³/mol. The minimum absolute atomic E-state index is 0.00220. The summed E-state index contributed by atoms with van der Waals surface area (Å²) in [5, 5.41) is 5.76. The van der Waals surface area contributed by atoms with E-state index >= 15 is 4.39 Å². The van der Waals surface area contributed by atoms with Crippen molar-refractivity contribution < 1.29 is 4.39 Å². The Morgan fingerprint density at radius 1 is 0.667 bits per heavy atom. The Morgan fingerprint density at radius 2 is 1.31 bits per heavy atom. The molecule has 4 heteroatoms. The van der Waals surface area contributed by atoms with Gasteiger partial charge in [0, 0.05) is 31.9 Å². The monoisotopic (exact) mass is 650 g/mol. The summed E-state index contributed by atoms with van der Waals surface area (Å²) in [4.78, 5) is 2.30. The molecule has 2 nitrogen and oxygen atoms in total. The van der Waals surface area contributed by atoms with Crippen LogP contribution in [0.15, 0.2) is 109 Å². The van der Waals surface area contributed by atoms with Gasteiger partial charge in [0.2, 0.25) is 0 Å². The first kappa shape index (κ1) is 30.9. The number of hydrogen-bond donors (Lipinski definition) is 0. The summed E-state index contributed by atoms with van der Waals surface area (Å²) in [6.07, 6.45) is 2.29. The number of nitrogens with zero attached hydrogens (tertiary/aromatic N) is 2. The quantitative estimate of drug-likeness (QED) is 0.184. The van der Waals surface area contributed by atoms with Gasteiger partial charge in [-0.25, -0.2) is 4.39 Å². The van der Waals surface area contributed by atoms with E-state index in [9.17, 15) is 0 Å². The van der Waals surface area contributed by atoms with Gasteiger partial charge in [-0.1, -0.05) is 97.0 Å². The Labute approximate surface area is 287 Å². The van der Waals surface area contributed by atoms with Gasteiger partial charge in [-0.05, 0) is 100 Å². The molecule has 0 spiro atoms. The molecule has 242 valence electrons. The molecule has 0 atom stereocenters. The molecular weight excluding hydrogens is 608 g/mol. The van der Waals surface area contributed by atoms with E-state index in [4.69, 9.17) is 0 Å². The lowest BCUT2D eigenvalue weighted by Gasteiger charge is -2.42. The fraction of sp³-hybridized carbons (Fsp3) is 0.273. The summed E-state index contributed by atoms with van der Waals surface area (Å²) in [5.41, 5.74) is 10.1. The molecule has 7 aromatic rings. The van der Waals surface area contributed by atoms with Crippen molar-refractivity contribution in [1.82, 2.24) is 4.57 Å². The minimum Gasteiger partial charge on any atom is -0.309 e. The molecule has 0 bridgehead atoms. The number of hydrogen-bond acceptors (Lipinski definition) is 2. The van der Waals surface area contributed by atoms with Crippen molar-refractivity contribution in [2.75, 3.05) is 4.90 Å². The highest BCUT2D eigenvalue weighted by molar-refractivity contribution is 7.17. The molecular formula is C44H43FN2S. The van der Waals surface area contributed by atoms with Crippen LogP contribution in [0.4, 0.5) is 21.5 Å². The first-order valence-electron chi connectivity index (χ1n) is 17.1. The largest absolute Gasteiger partial charge is 0.309 e. The van der Waals surface area contributed by atoms with Crippen molar-refractivity contribution in [3.8, 4) is 5.69 Å². The summed E-state index contributed by atoms with van der Waals surface area (Å²) in [6.45, 7) is 16.2. The van der Waals surface area contributed by atoms with Crippen LogP contribution in [0.25, 0.3) is 37.6 Å². The minimum atomic E-state index is -0.260. The van der Waals surface area contributed by atoms with Crippen LogP contribution in [0.2, 0.25) is 0 Å². The molecule has 2 heterocycles. The van der Waals surface area contributed by atoms with E-state index in [-0.39, 0.29) is 22.1 Å². The lowest BCUT2D eigenvalue weighted by Crippen LogP contribution is -2.34. The van der Waals surface area contributed by atoms with Crippen molar-refractivity contribution in [2.24, 2.45) is 0 Å². The summed E-state index contributed by atoms with van der Waals surface area (Å²) >= 11 is 1.75. The number of benzene rings is 5. The van der Waals surface area contributed by atoms with Gasteiger partial charge < -0.3 is 9.47 Å². The normalized spacial score (nSPS) is 15.7. The van der Waals surface area contributed by atoms with Crippen molar-refractivity contribution >= 4 is 60.3 Å². The van der Waals surface area contributed by atoms with E-state index in [2.05, 4.69) is 154 Å². The van der Waals surface area contributed by atoms with Crippen molar-refractivity contribution in [1.29, 1.82) is 0 Å². The smallest absolute Gasteiger partial charge is 0.127 e. The van der Waals surface area contributed by atoms with E-state index in [1.54, 1.807) is 23.5 Å². The number of rotatable bonds is 4. The Bertz CT molecular complexity index is 2310. The summed E-state index contributed by atoms with van der Waals surface area (Å²) in [6, 6.07) is 36.2. The number of anilines is 3. The van der Waals surface area contributed by atoms with Gasteiger partial charge in [0.05, 0.1) is 28.1 Å². The average Bonchev–Trinajstić information content (AvgIpc) is 3.62. The predicted octanol–water partition coefficient (Wildman–Crippen LogP) is 13.3. The highest BCUT2D eigenvalue weighted by atomic mass is 32.1. The number of para-hydroxylation sites is 2. The summed E-state index contributed by atoms with van der Waals surface area (Å²) < 4.78 is 19.6. The second-order valence-corrected chi connectivity index (χ2v) is 16.9. The molecule has 8 rings (SSSR count). The maximum Gasteiger partial charge on any atom is 0.127 e. The molecule has 48 heavy (non-hydrogen) atoms. The highest BCUT2D eigenvalue weighted by Gasteiger charge is 2.37. The van der Waals surface area contributed by atoms with Crippen LogP contribution < -0.4 is 4.90 Å². The molecule has 0 fully saturated rings. The first-order chi connectivity index (χ1) is 22.8. The molecule has 1 aliphatic carbocycles. The summed E-state index contributed by atoms with van der Waals surface area (Å²) in [7, 11) is 0. The van der Waals surface area contributed by atoms with Crippen molar-refractivity contribution in [2.45, 2.75) is 77.6 Å². The molecule has 1 aliphatic rings. The molecule has 0 saturated heterocycles. The van der Waals surface area contributed by atoms with Gasteiger partial charge in [-0.15, -0.1) is 11.3 Å². The number of fused-ring (bicyclic) bond motifs is 5. The Balaban J connectivity index is 1.41. The van der Waals surface area contributed by atoms with Gasteiger partial charge in [0.25, 0.3) is 0 Å². The van der Waals surface area contributed by atoms with Crippen LogP contribution in [0, 0.1) is 5.82 Å². The average molecular weight is 651 g/mol. The van der Waals surface area contributed by atoms with E-state index < -0.39 is 0 Å². The van der Waals surface area contributed by atoms with E-state index in [1.807, 2.05) is 0 Å². The van der Waals surface area contributed by atoms with Crippen LogP contribution >= 0.6 is 11.3 Å². The SMILES string of the molecule is CC(C)(C)c1ccc2scc(N(c3cc(F)cc(-n4c5ccccc5c5ccccc54)c3)c3ccc4c(c3)C(C)(C)CCC4(C)C)c2c1. The highest BCUT2D eigenvalue weighted by Crippen LogP contribution is 2.50. The van der Waals surface area contributed by atoms with Gasteiger partial charge in [-0.2, -0.15) is 0 Å². The van der Waals surface area contributed by atoms with Crippen LogP contribution in [-0.4, -0.2) is 4.57 Å². The third-order valence-electron chi connectivity index (χ3n) is 10.7.